The highest BCUT2D eigenvalue weighted by molar-refractivity contribution is 5.11. The van der Waals surface area contributed by atoms with Crippen molar-refractivity contribution in [3.8, 4) is 0 Å². The largest absolute Gasteiger partial charge is 0.435 e. The molecule has 3 N–H and O–H groups in total. The second-order valence-corrected chi connectivity index (χ2v) is 4.61. The Morgan fingerprint density at radius 3 is 2.71 bits per heavy atom. The van der Waals surface area contributed by atoms with Crippen molar-refractivity contribution in [2.75, 3.05) is 13.1 Å². The summed E-state index contributed by atoms with van der Waals surface area (Å²) in [6.07, 6.45) is -4.39. The van der Waals surface area contributed by atoms with Crippen molar-refractivity contribution in [3.05, 3.63) is 17.5 Å². The molecular weight excluding hydrogens is 233 g/mol. The van der Waals surface area contributed by atoms with E-state index in [1.165, 1.54) is 0 Å². The number of hydrogen-bond donors (Lipinski definition) is 2. The summed E-state index contributed by atoms with van der Waals surface area (Å²) in [7, 11) is 0. The average Bonchev–Trinajstić information content (AvgIpc) is 2.75. The van der Waals surface area contributed by atoms with Gasteiger partial charge in [0.15, 0.2) is 5.69 Å². The fourth-order valence-corrected chi connectivity index (χ4v) is 2.05. The Labute approximate surface area is 97.0 Å². The molecule has 0 saturated carbocycles. The molecule has 2 rings (SSSR count). The lowest BCUT2D eigenvalue weighted by Gasteiger charge is -2.13. The summed E-state index contributed by atoms with van der Waals surface area (Å²) in [6, 6.07) is 1.15. The maximum atomic E-state index is 12.3. The lowest BCUT2D eigenvalue weighted by molar-refractivity contribution is -0.141. The molecule has 0 aliphatic carbocycles. The average molecular weight is 248 g/mol. The van der Waals surface area contributed by atoms with Crippen LogP contribution in [0.4, 0.5) is 13.2 Å². The molecule has 2 atom stereocenters. The molecule has 1 aliphatic heterocycles. The van der Waals surface area contributed by atoms with Crippen LogP contribution < -0.4 is 5.73 Å². The highest BCUT2D eigenvalue weighted by Gasteiger charge is 2.34. The summed E-state index contributed by atoms with van der Waals surface area (Å²) >= 11 is 0. The number of nitrogens with one attached hydrogen (secondary N) is 1. The number of rotatable bonds is 2. The van der Waals surface area contributed by atoms with E-state index in [4.69, 9.17) is 5.73 Å². The van der Waals surface area contributed by atoms with Crippen molar-refractivity contribution < 1.29 is 13.2 Å². The molecule has 1 aromatic rings. The summed E-state index contributed by atoms with van der Waals surface area (Å²) in [4.78, 5) is 2.03. The number of aromatic nitrogens is 2. The number of nitrogens with zero attached hydrogens (tertiary/aromatic N) is 2. The second-order valence-electron chi connectivity index (χ2n) is 4.61. The molecule has 4 nitrogen and oxygen atoms in total. The minimum atomic E-state index is -4.39. The molecule has 2 unspecified atom stereocenters. The molecule has 17 heavy (non-hydrogen) atoms. The zero-order valence-corrected chi connectivity index (χ0v) is 9.46. The molecule has 0 amide bonds. The van der Waals surface area contributed by atoms with Crippen LogP contribution in [0.3, 0.4) is 0 Å². The number of nitrogens with two attached hydrogens (primary N) is 1. The maximum Gasteiger partial charge on any atom is 0.435 e. The predicted octanol–water partition coefficient (Wildman–Crippen LogP) is 1.21. The number of halogens is 3. The van der Waals surface area contributed by atoms with Crippen LogP contribution >= 0.6 is 0 Å². The van der Waals surface area contributed by atoms with Gasteiger partial charge < -0.3 is 5.73 Å². The van der Waals surface area contributed by atoms with Crippen molar-refractivity contribution in [1.82, 2.24) is 15.1 Å². The Kier molecular flexibility index (Phi) is 3.13. The third-order valence-corrected chi connectivity index (χ3v) is 3.06. The lowest BCUT2D eigenvalue weighted by Crippen LogP contribution is -2.28. The topological polar surface area (TPSA) is 57.9 Å². The quantitative estimate of drug-likeness (QED) is 0.827. The third-order valence-electron chi connectivity index (χ3n) is 3.06. The summed E-state index contributed by atoms with van der Waals surface area (Å²) in [5, 5.41) is 5.68. The van der Waals surface area contributed by atoms with Crippen molar-refractivity contribution in [2.24, 2.45) is 11.7 Å². The van der Waals surface area contributed by atoms with Crippen LogP contribution in [0.25, 0.3) is 0 Å². The Hall–Kier alpha value is -1.08. The summed E-state index contributed by atoms with van der Waals surface area (Å²) in [6.45, 7) is 3.99. The molecule has 1 saturated heterocycles. The van der Waals surface area contributed by atoms with Crippen LogP contribution in [0.1, 0.15) is 18.3 Å². The number of likely N-dealkylation sites (tertiary alicyclic amines) is 1. The van der Waals surface area contributed by atoms with Crippen molar-refractivity contribution >= 4 is 0 Å². The van der Waals surface area contributed by atoms with Gasteiger partial charge in [-0.2, -0.15) is 18.3 Å². The number of aromatic amines is 1. The van der Waals surface area contributed by atoms with Gasteiger partial charge >= 0.3 is 6.18 Å². The third kappa shape index (κ3) is 2.78. The minimum absolute atomic E-state index is 0.0972. The molecule has 1 aromatic heterocycles. The molecule has 0 bridgehead atoms. The highest BCUT2D eigenvalue weighted by Crippen LogP contribution is 2.28. The summed E-state index contributed by atoms with van der Waals surface area (Å²) < 4.78 is 37.0. The Morgan fingerprint density at radius 2 is 2.24 bits per heavy atom. The normalized spacial score (nSPS) is 26.6. The zero-order valence-electron chi connectivity index (χ0n) is 9.46. The van der Waals surface area contributed by atoms with Crippen molar-refractivity contribution in [2.45, 2.75) is 25.7 Å². The van der Waals surface area contributed by atoms with Gasteiger partial charge in [0, 0.05) is 31.4 Å². The fourth-order valence-electron chi connectivity index (χ4n) is 2.05. The van der Waals surface area contributed by atoms with Gasteiger partial charge in [0.05, 0.1) is 0 Å². The molecule has 0 aromatic carbocycles. The van der Waals surface area contributed by atoms with E-state index in [-0.39, 0.29) is 6.04 Å². The van der Waals surface area contributed by atoms with Gasteiger partial charge in [-0.25, -0.2) is 0 Å². The van der Waals surface area contributed by atoms with Crippen LogP contribution in [-0.4, -0.2) is 34.2 Å². The smallest absolute Gasteiger partial charge is 0.326 e. The number of H-pyrrole nitrogens is 1. The van der Waals surface area contributed by atoms with Crippen LogP contribution in [0.2, 0.25) is 0 Å². The van der Waals surface area contributed by atoms with Gasteiger partial charge in [0.1, 0.15) is 0 Å². The first kappa shape index (κ1) is 12.4. The Morgan fingerprint density at radius 1 is 1.53 bits per heavy atom. The van der Waals surface area contributed by atoms with E-state index in [0.717, 1.165) is 12.6 Å². The first-order valence-electron chi connectivity index (χ1n) is 5.45. The summed E-state index contributed by atoms with van der Waals surface area (Å²) in [5.74, 6) is 0.375. The van der Waals surface area contributed by atoms with Crippen LogP contribution in [0, 0.1) is 5.92 Å². The summed E-state index contributed by atoms with van der Waals surface area (Å²) in [5.41, 5.74) is 5.45. The second kappa shape index (κ2) is 4.30. The van der Waals surface area contributed by atoms with E-state index >= 15 is 0 Å². The Balaban J connectivity index is 1.98. The molecule has 96 valence electrons. The first-order chi connectivity index (χ1) is 7.86. The first-order valence-corrected chi connectivity index (χ1v) is 5.45. The SMILES string of the molecule is CC1CN(Cc2cc(C(F)(F)F)n[nH]2)CC1N. The van der Waals surface area contributed by atoms with Crippen LogP contribution in [0.15, 0.2) is 6.07 Å². The number of hydrogen-bond acceptors (Lipinski definition) is 3. The van der Waals surface area contributed by atoms with Gasteiger partial charge in [-0.05, 0) is 12.0 Å². The molecule has 7 heteroatoms. The highest BCUT2D eigenvalue weighted by atomic mass is 19.4. The fraction of sp³-hybridized carbons (Fsp3) is 0.700. The molecule has 0 spiro atoms. The standard InChI is InChI=1S/C10H15F3N4/c1-6-3-17(5-8(6)14)4-7-2-9(16-15-7)10(11,12)13/h2,6,8H,3-5,14H2,1H3,(H,15,16). The van der Waals surface area contributed by atoms with E-state index in [1.54, 1.807) is 0 Å². The van der Waals surface area contributed by atoms with Gasteiger partial charge in [0.2, 0.25) is 0 Å². The van der Waals surface area contributed by atoms with E-state index in [9.17, 15) is 13.2 Å². The van der Waals surface area contributed by atoms with E-state index < -0.39 is 11.9 Å². The Bertz CT molecular complexity index is 377. The maximum absolute atomic E-state index is 12.3. The van der Waals surface area contributed by atoms with Crippen LogP contribution in [0.5, 0.6) is 0 Å². The van der Waals surface area contributed by atoms with Gasteiger partial charge in [-0.15, -0.1) is 0 Å². The van der Waals surface area contributed by atoms with E-state index in [0.29, 0.717) is 24.7 Å². The van der Waals surface area contributed by atoms with E-state index in [2.05, 4.69) is 10.2 Å². The molecular formula is C10H15F3N4. The zero-order chi connectivity index (χ0) is 12.6. The molecule has 2 heterocycles. The van der Waals surface area contributed by atoms with Crippen molar-refractivity contribution in [3.63, 3.8) is 0 Å². The van der Waals surface area contributed by atoms with E-state index in [1.807, 2.05) is 11.8 Å². The molecule has 1 fully saturated rings. The van der Waals surface area contributed by atoms with Crippen molar-refractivity contribution in [1.29, 1.82) is 0 Å². The monoisotopic (exact) mass is 248 g/mol. The number of alkyl halides is 3. The molecule has 1 aliphatic rings. The van der Waals surface area contributed by atoms with Crippen LogP contribution in [-0.2, 0) is 12.7 Å². The van der Waals surface area contributed by atoms with Gasteiger partial charge in [0.25, 0.3) is 0 Å². The molecule has 0 radical (unpaired) electrons. The minimum Gasteiger partial charge on any atom is -0.326 e. The van der Waals surface area contributed by atoms with Gasteiger partial charge in [-0.3, -0.25) is 10.00 Å². The van der Waals surface area contributed by atoms with Gasteiger partial charge in [-0.1, -0.05) is 6.92 Å². The predicted molar refractivity (Wildman–Crippen MR) is 56.0 cm³/mol. The lowest BCUT2D eigenvalue weighted by atomic mass is 10.1.